The minimum atomic E-state index is -3.92. The Morgan fingerprint density at radius 2 is 0.364 bits per heavy atom. The number of aromatic nitrogens is 16. The van der Waals surface area contributed by atoms with Crippen molar-refractivity contribution >= 4 is 98.4 Å². The Balaban J connectivity index is 0.000000146. The van der Waals surface area contributed by atoms with Gasteiger partial charge in [-0.05, 0) is 43.1 Å². The molecule has 6 aromatic heterocycles. The molecule has 23 heteroatoms. The summed E-state index contributed by atoms with van der Waals surface area (Å²) in [5.41, 5.74) is 11.6. The smallest absolute Gasteiger partial charge is 0.748 e. The number of rotatable bonds is 0. The van der Waals surface area contributed by atoms with Crippen LogP contribution in [0.25, 0.3) is 179 Å². The summed E-state index contributed by atoms with van der Waals surface area (Å²) in [7, 11) is -3.92. The second kappa shape index (κ2) is 22.9. The van der Waals surface area contributed by atoms with Crippen LogP contribution in [0.5, 0.6) is 0 Å². The summed E-state index contributed by atoms with van der Waals surface area (Å²) in [4.78, 5) is 78.5. The second-order valence-electron chi connectivity index (χ2n) is 20.0. The molecule has 4 aliphatic rings. The molecular weight excluding hydrogens is 1230 g/mol. The van der Waals surface area contributed by atoms with Crippen LogP contribution in [0.3, 0.4) is 0 Å². The van der Waals surface area contributed by atoms with E-state index in [4.69, 9.17) is 92.7 Å². The van der Waals surface area contributed by atoms with E-state index in [0.29, 0.717) is 98.0 Å². The van der Waals surface area contributed by atoms with Crippen molar-refractivity contribution in [2.75, 3.05) is 6.26 Å². The third kappa shape index (κ3) is 10.2. The molecule has 14 aromatic rings. The zero-order valence-corrected chi connectivity index (χ0v) is 50.6. The molecule has 0 fully saturated rings. The maximum absolute atomic E-state index is 9.08. The summed E-state index contributed by atoms with van der Waals surface area (Å²) >= 11 is 0. The Morgan fingerprint density at radius 1 is 0.250 bits per heavy atom. The predicted molar refractivity (Wildman–Crippen MR) is 324 cm³/mol. The molecule has 0 atom stereocenters. The van der Waals surface area contributed by atoms with Gasteiger partial charge in [0.05, 0.1) is 56.7 Å². The molecule has 0 aliphatic carbocycles. The fraction of sp³-hybridized carbons (Fsp3) is 0.0154. The van der Waals surface area contributed by atoms with Crippen LogP contribution in [0, 0.1) is 0 Å². The van der Waals surface area contributed by atoms with Crippen molar-refractivity contribution in [2.24, 2.45) is 0 Å². The normalized spacial score (nSPS) is 11.6. The van der Waals surface area contributed by atoms with Gasteiger partial charge in [0.2, 0.25) is 0 Å². The number of hydrogen-bond acceptors (Lipinski definition) is 15. The molecule has 0 amide bonds. The van der Waals surface area contributed by atoms with E-state index < -0.39 is 10.1 Å². The summed E-state index contributed by atoms with van der Waals surface area (Å²) < 4.78 is 27.2. The van der Waals surface area contributed by atoms with Crippen molar-refractivity contribution in [2.45, 2.75) is 0 Å². The van der Waals surface area contributed by atoms with Gasteiger partial charge in [0.15, 0.2) is 0 Å². The van der Waals surface area contributed by atoms with Crippen LogP contribution >= 0.6 is 0 Å². The van der Waals surface area contributed by atoms with E-state index in [1.54, 1.807) is 0 Å². The zero-order valence-electron chi connectivity index (χ0n) is 45.9. The van der Waals surface area contributed by atoms with Gasteiger partial charge < -0.3 is 64.4 Å². The van der Waals surface area contributed by atoms with Gasteiger partial charge in [-0.2, -0.15) is 0 Å². The molecule has 10 heterocycles. The minimum absolute atomic E-state index is 0. The van der Waals surface area contributed by atoms with Crippen molar-refractivity contribution < 1.29 is 76.7 Å². The second-order valence-corrected chi connectivity index (χ2v) is 21.4. The Hall–Kier alpha value is -9.57. The SMILES string of the molecule is CS(=O)(=O)[O-].[Cu].[Cu].[Na+].c1ccc2c(c1)-c1nc-2nc2[n-]c(nc3nc(nc4[n-]c(n1)c1ccccc41)-c1ccccc1-3)c1ccccc21.c1ccc2c(c1)-c1nc-2nc2[n-]c(nc3nc(nc4[n-]c(n1)c1ccccc41)-c1ccccc1-3)c1ccccc21. The average molecular weight is 1270 g/mol. The van der Waals surface area contributed by atoms with Gasteiger partial charge in [-0.15, -0.1) is 0 Å². The largest absolute Gasteiger partial charge is 1.00 e. The van der Waals surface area contributed by atoms with Crippen LogP contribution in [0.1, 0.15) is 0 Å². The van der Waals surface area contributed by atoms with Crippen molar-refractivity contribution in [3.63, 3.8) is 0 Å². The summed E-state index contributed by atoms with van der Waals surface area (Å²) in [6.45, 7) is 0. The van der Waals surface area contributed by atoms with Gasteiger partial charge in [-0.3, -0.25) is 0 Å². The topological polar surface area (TPSA) is 268 Å². The summed E-state index contributed by atoms with van der Waals surface area (Å²) in [5, 5.41) is 7.15. The van der Waals surface area contributed by atoms with Gasteiger partial charge in [0.1, 0.15) is 0 Å². The van der Waals surface area contributed by atoms with Gasteiger partial charge in [0.25, 0.3) is 0 Å². The van der Waals surface area contributed by atoms with Crippen molar-refractivity contribution in [3.8, 4) is 91.1 Å². The van der Waals surface area contributed by atoms with E-state index in [9.17, 15) is 0 Å². The maximum Gasteiger partial charge on any atom is 1.00 e. The van der Waals surface area contributed by atoms with E-state index >= 15 is 0 Å². The van der Waals surface area contributed by atoms with E-state index in [1.165, 1.54) is 0 Å². The number of hydrogen-bond donors (Lipinski definition) is 0. The molecule has 2 radical (unpaired) electrons. The third-order valence-electron chi connectivity index (χ3n) is 14.7. The van der Waals surface area contributed by atoms with E-state index in [2.05, 4.69) is 0 Å². The van der Waals surface area contributed by atoms with Crippen LogP contribution < -0.4 is 49.5 Å². The van der Waals surface area contributed by atoms with Crippen LogP contribution in [-0.2, 0) is 44.3 Å². The quantitative estimate of drug-likeness (QED) is 0.102. The zero-order chi connectivity index (χ0) is 56.9. The van der Waals surface area contributed by atoms with Crippen molar-refractivity contribution in [1.29, 1.82) is 0 Å². The molecule has 4 aliphatic heterocycles. The molecule has 16 bridgehead atoms. The molecule has 0 saturated carbocycles. The van der Waals surface area contributed by atoms with Crippen molar-refractivity contribution in [3.05, 3.63) is 194 Å². The number of benzene rings is 8. The maximum atomic E-state index is 9.08. The molecule has 0 unspecified atom stereocenters. The Bertz CT molecular complexity index is 4700. The van der Waals surface area contributed by atoms with Gasteiger partial charge in [0, 0.05) is 130 Å². The Kier molecular flexibility index (Phi) is 15.0. The molecule has 0 N–H and O–H groups in total. The first-order valence-corrected chi connectivity index (χ1v) is 28.5. The molecule has 0 saturated heterocycles. The average Bonchev–Trinajstić information content (AvgIpc) is 2.21. The minimum Gasteiger partial charge on any atom is -0.748 e. The third-order valence-corrected chi connectivity index (χ3v) is 14.7. The van der Waals surface area contributed by atoms with Crippen LogP contribution in [0.2, 0.25) is 0 Å². The van der Waals surface area contributed by atoms with Gasteiger partial charge in [-0.25, -0.2) is 28.4 Å². The molecule has 18 rings (SSSR count). The molecule has 19 nitrogen and oxygen atoms in total. The fourth-order valence-electron chi connectivity index (χ4n) is 10.9. The summed E-state index contributed by atoms with van der Waals surface area (Å²) in [6.07, 6.45) is 0.604. The molecular formula is C65H35Cu2N16NaO3S-4. The van der Waals surface area contributed by atoms with Crippen molar-refractivity contribution in [1.82, 2.24) is 79.7 Å². The predicted octanol–water partition coefficient (Wildman–Crippen LogP) is 8.42. The summed E-state index contributed by atoms with van der Waals surface area (Å²) in [5.74, 6) is 4.42. The first-order valence-electron chi connectivity index (χ1n) is 26.7. The van der Waals surface area contributed by atoms with E-state index in [1.807, 2.05) is 194 Å². The molecule has 426 valence electrons. The fourth-order valence-corrected chi connectivity index (χ4v) is 10.9. The molecule has 0 spiro atoms. The first-order chi connectivity index (χ1) is 41.6. The molecule has 8 aromatic carbocycles. The van der Waals surface area contributed by atoms with E-state index in [0.717, 1.165) is 87.6 Å². The van der Waals surface area contributed by atoms with Gasteiger partial charge >= 0.3 is 29.6 Å². The van der Waals surface area contributed by atoms with Gasteiger partial charge in [-0.1, -0.05) is 194 Å². The number of fused-ring (bicyclic) bond motifs is 40. The monoisotopic (exact) mass is 1270 g/mol. The Labute approximate surface area is 541 Å². The van der Waals surface area contributed by atoms with Crippen LogP contribution in [0.4, 0.5) is 0 Å². The summed E-state index contributed by atoms with van der Waals surface area (Å²) in [6, 6.07) is 63.7. The number of nitrogens with zero attached hydrogens (tertiary/aromatic N) is 16. The van der Waals surface area contributed by atoms with Crippen LogP contribution in [-0.4, -0.2) is 79.0 Å². The standard InChI is InChI=1S/2C32H16N8.CH4O3S.2Cu.Na/c2*1-2-10-18-17(9-1)25-33-26(18)38-28-21-13-5-6-14-22(21)30(35-28)40-32-24-16-8-7-15-23(24)31(36-32)39-29-20-12-4-3-11-19(20)27(34-29)37-25;1-5(2,3)4;;;/h2*1-16H;1H3,(H,2,3,4);;;/q2*-2;;;;+1/p-1. The first kappa shape index (κ1) is 57.5. The van der Waals surface area contributed by atoms with Crippen LogP contribution in [0.15, 0.2) is 194 Å². The Morgan fingerprint density at radius 3 is 0.489 bits per heavy atom. The molecule has 88 heavy (non-hydrogen) atoms. The van der Waals surface area contributed by atoms with E-state index in [-0.39, 0.29) is 63.7 Å².